The standard InChI is InChI=1S/C19H19N3O3/c23-19(12-16-8-4-7-15-6-1-2-10-18(15)16)21-20-13-14-5-3-9-17(11-14)22(24)25/h3-5,7-9,11,13H,1-2,6,10,12H2,(H,21,23)/b20-13+. The summed E-state index contributed by atoms with van der Waals surface area (Å²) >= 11 is 0. The van der Waals surface area contributed by atoms with Gasteiger partial charge in [0, 0.05) is 17.7 Å². The van der Waals surface area contributed by atoms with Crippen LogP contribution in [0.1, 0.15) is 35.1 Å². The Hall–Kier alpha value is -3.02. The third kappa shape index (κ3) is 4.29. The average Bonchev–Trinajstić information content (AvgIpc) is 2.62. The number of hydrogen-bond donors (Lipinski definition) is 1. The highest BCUT2D eigenvalue weighted by Gasteiger charge is 2.14. The van der Waals surface area contributed by atoms with Crippen LogP contribution in [0.25, 0.3) is 0 Å². The molecular formula is C19H19N3O3. The second-order valence-electron chi connectivity index (χ2n) is 6.08. The van der Waals surface area contributed by atoms with Crippen molar-refractivity contribution < 1.29 is 9.72 Å². The van der Waals surface area contributed by atoms with Gasteiger partial charge >= 0.3 is 0 Å². The van der Waals surface area contributed by atoms with E-state index in [9.17, 15) is 14.9 Å². The predicted molar refractivity (Wildman–Crippen MR) is 95.6 cm³/mol. The summed E-state index contributed by atoms with van der Waals surface area (Å²) in [4.78, 5) is 22.4. The van der Waals surface area contributed by atoms with E-state index >= 15 is 0 Å². The van der Waals surface area contributed by atoms with E-state index in [0.717, 1.165) is 24.8 Å². The lowest BCUT2D eigenvalue weighted by atomic mass is 9.87. The molecule has 128 valence electrons. The van der Waals surface area contributed by atoms with Gasteiger partial charge in [0.1, 0.15) is 0 Å². The zero-order valence-corrected chi connectivity index (χ0v) is 13.8. The summed E-state index contributed by atoms with van der Waals surface area (Å²) in [5.74, 6) is -0.194. The van der Waals surface area contributed by atoms with Crippen molar-refractivity contribution in [3.05, 3.63) is 74.8 Å². The fraction of sp³-hybridized carbons (Fsp3) is 0.263. The number of nitro groups is 1. The fourth-order valence-electron chi connectivity index (χ4n) is 3.14. The number of nitro benzene ring substituents is 1. The first-order chi connectivity index (χ1) is 12.1. The molecule has 0 spiro atoms. The Kier molecular flexibility index (Phi) is 5.18. The van der Waals surface area contributed by atoms with E-state index in [2.05, 4.69) is 16.6 Å². The normalized spacial score (nSPS) is 13.4. The number of carbonyl (C=O) groups excluding carboxylic acids is 1. The van der Waals surface area contributed by atoms with Crippen molar-refractivity contribution in [2.45, 2.75) is 32.1 Å². The topological polar surface area (TPSA) is 84.6 Å². The molecule has 25 heavy (non-hydrogen) atoms. The van der Waals surface area contributed by atoms with Crippen LogP contribution in [0, 0.1) is 10.1 Å². The largest absolute Gasteiger partial charge is 0.273 e. The number of non-ortho nitro benzene ring substituents is 1. The molecule has 1 amide bonds. The van der Waals surface area contributed by atoms with Gasteiger partial charge in [0.2, 0.25) is 5.91 Å². The summed E-state index contributed by atoms with van der Waals surface area (Å²) in [6, 6.07) is 12.2. The highest BCUT2D eigenvalue weighted by Crippen LogP contribution is 2.24. The number of benzene rings is 2. The SMILES string of the molecule is O=C(Cc1cccc2c1CCCC2)N/N=C/c1cccc([N+](=O)[O-])c1. The van der Waals surface area contributed by atoms with Gasteiger partial charge in [0.15, 0.2) is 0 Å². The number of nitrogens with one attached hydrogen (secondary N) is 1. The number of carbonyl (C=O) groups is 1. The number of hydrogen-bond acceptors (Lipinski definition) is 4. The van der Waals surface area contributed by atoms with Crippen molar-refractivity contribution in [3.63, 3.8) is 0 Å². The van der Waals surface area contributed by atoms with Gasteiger partial charge in [-0.3, -0.25) is 14.9 Å². The molecule has 1 aliphatic carbocycles. The second-order valence-corrected chi connectivity index (χ2v) is 6.08. The van der Waals surface area contributed by atoms with Gasteiger partial charge in [-0.25, -0.2) is 5.43 Å². The maximum absolute atomic E-state index is 12.1. The summed E-state index contributed by atoms with van der Waals surface area (Å²) in [7, 11) is 0. The van der Waals surface area contributed by atoms with Crippen LogP contribution in [-0.2, 0) is 24.1 Å². The molecule has 0 aliphatic heterocycles. The Balaban J connectivity index is 1.62. The van der Waals surface area contributed by atoms with E-state index in [1.807, 2.05) is 12.1 Å². The van der Waals surface area contributed by atoms with E-state index < -0.39 is 4.92 Å². The second kappa shape index (κ2) is 7.70. The number of aryl methyl sites for hydroxylation is 1. The lowest BCUT2D eigenvalue weighted by Gasteiger charge is -2.18. The maximum atomic E-state index is 12.1. The minimum Gasteiger partial charge on any atom is -0.273 e. The first-order valence-electron chi connectivity index (χ1n) is 8.29. The number of rotatable bonds is 5. The Bertz CT molecular complexity index is 830. The molecule has 1 N–H and O–H groups in total. The summed E-state index contributed by atoms with van der Waals surface area (Å²) in [6.45, 7) is 0. The minimum atomic E-state index is -0.464. The molecule has 0 aromatic heterocycles. The molecule has 6 heteroatoms. The number of amides is 1. The quantitative estimate of drug-likeness (QED) is 0.517. The molecule has 0 atom stereocenters. The van der Waals surface area contributed by atoms with Gasteiger partial charge in [-0.2, -0.15) is 5.10 Å². The summed E-state index contributed by atoms with van der Waals surface area (Å²) in [5, 5.41) is 14.7. The highest BCUT2D eigenvalue weighted by atomic mass is 16.6. The van der Waals surface area contributed by atoms with Crippen LogP contribution >= 0.6 is 0 Å². The molecule has 0 bridgehead atoms. The van der Waals surface area contributed by atoms with Gasteiger partial charge in [-0.05, 0) is 42.4 Å². The molecule has 2 aromatic rings. The van der Waals surface area contributed by atoms with E-state index in [1.165, 1.54) is 35.9 Å². The Labute approximate surface area is 145 Å². The van der Waals surface area contributed by atoms with Crippen LogP contribution < -0.4 is 5.43 Å². The first-order valence-corrected chi connectivity index (χ1v) is 8.29. The van der Waals surface area contributed by atoms with Crippen molar-refractivity contribution in [2.75, 3.05) is 0 Å². The summed E-state index contributed by atoms with van der Waals surface area (Å²) < 4.78 is 0. The van der Waals surface area contributed by atoms with Crippen molar-refractivity contribution in [1.29, 1.82) is 0 Å². The molecule has 0 saturated carbocycles. The van der Waals surface area contributed by atoms with Crippen molar-refractivity contribution >= 4 is 17.8 Å². The first kappa shape index (κ1) is 16.8. The van der Waals surface area contributed by atoms with E-state index in [0.29, 0.717) is 5.56 Å². The zero-order valence-electron chi connectivity index (χ0n) is 13.8. The molecule has 0 radical (unpaired) electrons. The number of fused-ring (bicyclic) bond motifs is 1. The molecule has 0 unspecified atom stereocenters. The lowest BCUT2D eigenvalue weighted by Crippen LogP contribution is -2.21. The Morgan fingerprint density at radius 2 is 2.00 bits per heavy atom. The minimum absolute atomic E-state index is 0.00816. The molecular weight excluding hydrogens is 318 g/mol. The lowest BCUT2D eigenvalue weighted by molar-refractivity contribution is -0.384. The van der Waals surface area contributed by atoms with Crippen molar-refractivity contribution in [3.8, 4) is 0 Å². The molecule has 0 fully saturated rings. The predicted octanol–water partition coefficient (Wildman–Crippen LogP) is 3.17. The molecule has 6 nitrogen and oxygen atoms in total. The number of nitrogens with zero attached hydrogens (tertiary/aromatic N) is 2. The van der Waals surface area contributed by atoms with Crippen LogP contribution in [0.2, 0.25) is 0 Å². The van der Waals surface area contributed by atoms with Crippen LogP contribution in [0.15, 0.2) is 47.6 Å². The average molecular weight is 337 g/mol. The smallest absolute Gasteiger partial charge is 0.270 e. The third-order valence-electron chi connectivity index (χ3n) is 4.33. The summed E-state index contributed by atoms with van der Waals surface area (Å²) in [6.07, 6.45) is 6.17. The Morgan fingerprint density at radius 1 is 1.20 bits per heavy atom. The Morgan fingerprint density at radius 3 is 2.84 bits per heavy atom. The van der Waals surface area contributed by atoms with E-state index in [4.69, 9.17) is 0 Å². The van der Waals surface area contributed by atoms with E-state index in [1.54, 1.807) is 12.1 Å². The molecule has 0 heterocycles. The van der Waals surface area contributed by atoms with Crippen LogP contribution in [0.5, 0.6) is 0 Å². The summed E-state index contributed by atoms with van der Waals surface area (Å²) in [5.41, 5.74) is 6.75. The monoisotopic (exact) mass is 337 g/mol. The maximum Gasteiger partial charge on any atom is 0.270 e. The van der Waals surface area contributed by atoms with Gasteiger partial charge < -0.3 is 0 Å². The molecule has 3 rings (SSSR count). The van der Waals surface area contributed by atoms with Crippen LogP contribution in [-0.4, -0.2) is 17.0 Å². The van der Waals surface area contributed by atoms with Gasteiger partial charge in [0.05, 0.1) is 17.6 Å². The zero-order chi connectivity index (χ0) is 17.6. The molecule has 1 aliphatic rings. The van der Waals surface area contributed by atoms with Gasteiger partial charge in [-0.1, -0.05) is 30.3 Å². The van der Waals surface area contributed by atoms with Crippen LogP contribution in [0.3, 0.4) is 0 Å². The third-order valence-corrected chi connectivity index (χ3v) is 4.33. The van der Waals surface area contributed by atoms with E-state index in [-0.39, 0.29) is 18.0 Å². The highest BCUT2D eigenvalue weighted by molar-refractivity contribution is 5.84. The number of hydrazone groups is 1. The van der Waals surface area contributed by atoms with Gasteiger partial charge in [-0.15, -0.1) is 0 Å². The van der Waals surface area contributed by atoms with Crippen molar-refractivity contribution in [1.82, 2.24) is 5.43 Å². The van der Waals surface area contributed by atoms with Gasteiger partial charge in [0.25, 0.3) is 5.69 Å². The molecule has 0 saturated heterocycles. The van der Waals surface area contributed by atoms with Crippen LogP contribution in [0.4, 0.5) is 5.69 Å². The fourth-order valence-corrected chi connectivity index (χ4v) is 3.14. The van der Waals surface area contributed by atoms with Crippen molar-refractivity contribution in [2.24, 2.45) is 5.10 Å². The molecule has 2 aromatic carbocycles.